The van der Waals surface area contributed by atoms with Crippen molar-refractivity contribution < 1.29 is 24.3 Å². The van der Waals surface area contributed by atoms with Crippen LogP contribution in [0.3, 0.4) is 0 Å². The van der Waals surface area contributed by atoms with Gasteiger partial charge in [-0.1, -0.05) is 32.0 Å². The van der Waals surface area contributed by atoms with E-state index in [1.54, 1.807) is 6.20 Å². The Bertz CT molecular complexity index is 1020. The summed E-state index contributed by atoms with van der Waals surface area (Å²) in [7, 11) is 0. The van der Waals surface area contributed by atoms with Gasteiger partial charge in [-0.25, -0.2) is 4.79 Å². The third-order valence-corrected chi connectivity index (χ3v) is 5.71. The Morgan fingerprint density at radius 2 is 1.65 bits per heavy atom. The number of amides is 3. The van der Waals surface area contributed by atoms with E-state index in [-0.39, 0.29) is 24.5 Å². The Balaban J connectivity index is 1.97. The molecule has 7 N–H and O–H groups in total. The number of nitrogens with two attached hydrogens (primary N) is 1. The molecule has 0 bridgehead atoms. The summed E-state index contributed by atoms with van der Waals surface area (Å²) in [6, 6.07) is 3.69. The lowest BCUT2D eigenvalue weighted by Crippen LogP contribution is -2.57. The first-order valence-electron chi connectivity index (χ1n) is 11.1. The largest absolute Gasteiger partial charge is 0.480 e. The molecule has 0 saturated carbocycles. The van der Waals surface area contributed by atoms with Gasteiger partial charge >= 0.3 is 5.97 Å². The molecule has 0 radical (unpaired) electrons. The number of aromatic nitrogens is 1. The van der Waals surface area contributed by atoms with Crippen LogP contribution < -0.4 is 21.7 Å². The molecule has 1 aromatic carbocycles. The normalized spacial score (nSPS) is 14.8. The minimum atomic E-state index is -1.22. The van der Waals surface area contributed by atoms with Crippen LogP contribution in [0.15, 0.2) is 30.5 Å². The van der Waals surface area contributed by atoms with E-state index in [0.29, 0.717) is 0 Å². The van der Waals surface area contributed by atoms with Crippen molar-refractivity contribution in [3.05, 3.63) is 36.0 Å². The van der Waals surface area contributed by atoms with Gasteiger partial charge in [0.25, 0.3) is 0 Å². The highest BCUT2D eigenvalue weighted by molar-refractivity contribution is 7.80. The molecule has 2 aromatic rings. The SMILES string of the molecule is CC(C)CC(NC(=O)C(C)NC(=O)C(N)Cc1c[nH]c2ccccc12)C(=O)NC(CS)C(=O)O. The van der Waals surface area contributed by atoms with E-state index < -0.39 is 47.9 Å². The molecule has 3 amide bonds. The van der Waals surface area contributed by atoms with Crippen molar-refractivity contribution in [3.8, 4) is 0 Å². The minimum Gasteiger partial charge on any atom is -0.480 e. The maximum Gasteiger partial charge on any atom is 0.327 e. The highest BCUT2D eigenvalue weighted by Gasteiger charge is 2.29. The van der Waals surface area contributed by atoms with Crippen LogP contribution in [0.4, 0.5) is 0 Å². The van der Waals surface area contributed by atoms with Gasteiger partial charge in [0.1, 0.15) is 18.1 Å². The second kappa shape index (κ2) is 12.4. The molecule has 1 aromatic heterocycles. The Hall–Kier alpha value is -3.05. The number of benzene rings is 1. The zero-order valence-electron chi connectivity index (χ0n) is 19.5. The molecule has 0 fully saturated rings. The lowest BCUT2D eigenvalue weighted by atomic mass is 10.0. The molecule has 10 nitrogen and oxygen atoms in total. The molecule has 0 saturated heterocycles. The maximum absolute atomic E-state index is 12.7. The smallest absolute Gasteiger partial charge is 0.327 e. The number of thiol groups is 1. The van der Waals surface area contributed by atoms with E-state index in [9.17, 15) is 19.2 Å². The van der Waals surface area contributed by atoms with Gasteiger partial charge in [-0.2, -0.15) is 12.6 Å². The summed E-state index contributed by atoms with van der Waals surface area (Å²) in [5.74, 6) is -2.97. The summed E-state index contributed by atoms with van der Waals surface area (Å²) in [5, 5.41) is 17.7. The first kappa shape index (κ1) is 27.2. The summed E-state index contributed by atoms with van der Waals surface area (Å²) in [6.07, 6.45) is 2.37. The van der Waals surface area contributed by atoms with Gasteiger partial charge in [0.15, 0.2) is 0 Å². The van der Waals surface area contributed by atoms with Crippen molar-refractivity contribution in [2.45, 2.75) is 57.8 Å². The van der Waals surface area contributed by atoms with Gasteiger partial charge in [-0.15, -0.1) is 0 Å². The fraction of sp³-hybridized carbons (Fsp3) is 0.478. The van der Waals surface area contributed by atoms with Gasteiger partial charge in [-0.3, -0.25) is 14.4 Å². The van der Waals surface area contributed by atoms with Crippen LogP contribution >= 0.6 is 12.6 Å². The molecule has 1 heterocycles. The number of hydrogen-bond acceptors (Lipinski definition) is 6. The van der Waals surface area contributed by atoms with E-state index >= 15 is 0 Å². The Kier molecular flexibility index (Phi) is 9.94. The van der Waals surface area contributed by atoms with E-state index in [1.807, 2.05) is 38.1 Å². The highest BCUT2D eigenvalue weighted by Crippen LogP contribution is 2.18. The molecular weight excluding hydrogens is 458 g/mol. The van der Waals surface area contributed by atoms with Crippen LogP contribution in [-0.4, -0.2) is 63.7 Å². The third-order valence-electron chi connectivity index (χ3n) is 5.34. The van der Waals surface area contributed by atoms with Crippen LogP contribution in [0.5, 0.6) is 0 Å². The predicted molar refractivity (Wildman–Crippen MR) is 132 cm³/mol. The summed E-state index contributed by atoms with van der Waals surface area (Å²) in [5.41, 5.74) is 7.91. The van der Waals surface area contributed by atoms with Gasteiger partial charge < -0.3 is 31.8 Å². The van der Waals surface area contributed by atoms with Gasteiger partial charge in [0.05, 0.1) is 6.04 Å². The number of hydrogen-bond donors (Lipinski definition) is 7. The van der Waals surface area contributed by atoms with Crippen LogP contribution in [0.2, 0.25) is 0 Å². The molecule has 0 aliphatic rings. The topological polar surface area (TPSA) is 166 Å². The number of carboxylic acid groups (broad SMARTS) is 1. The fourth-order valence-corrected chi connectivity index (χ4v) is 3.72. The summed E-state index contributed by atoms with van der Waals surface area (Å²) in [6.45, 7) is 5.23. The zero-order chi connectivity index (χ0) is 25.4. The number of aliphatic carboxylic acids is 1. The number of H-pyrrole nitrogens is 1. The average Bonchev–Trinajstić information content (AvgIpc) is 3.18. The number of rotatable bonds is 12. The molecule has 2 rings (SSSR count). The number of aromatic amines is 1. The molecule has 34 heavy (non-hydrogen) atoms. The number of carboxylic acids is 1. The predicted octanol–water partition coefficient (Wildman–Crippen LogP) is 0.573. The third kappa shape index (κ3) is 7.49. The van der Waals surface area contributed by atoms with Gasteiger partial charge in [-0.05, 0) is 37.3 Å². The van der Waals surface area contributed by atoms with Crippen molar-refractivity contribution >= 4 is 47.2 Å². The molecule has 0 aliphatic carbocycles. The summed E-state index contributed by atoms with van der Waals surface area (Å²) < 4.78 is 0. The number of carbonyl (C=O) groups excluding carboxylic acids is 3. The Morgan fingerprint density at radius 3 is 2.26 bits per heavy atom. The first-order valence-corrected chi connectivity index (χ1v) is 11.7. The molecule has 11 heteroatoms. The lowest BCUT2D eigenvalue weighted by Gasteiger charge is -2.24. The molecular formula is C23H33N5O5S. The fourth-order valence-electron chi connectivity index (χ4n) is 3.47. The molecule has 0 spiro atoms. The zero-order valence-corrected chi connectivity index (χ0v) is 20.4. The van der Waals surface area contributed by atoms with E-state index in [1.165, 1.54) is 6.92 Å². The number of fused-ring (bicyclic) bond motifs is 1. The molecule has 4 unspecified atom stereocenters. The lowest BCUT2D eigenvalue weighted by molar-refractivity contribution is -0.141. The molecule has 4 atom stereocenters. The van der Waals surface area contributed by atoms with Crippen molar-refractivity contribution in [3.63, 3.8) is 0 Å². The monoisotopic (exact) mass is 491 g/mol. The number of para-hydroxylation sites is 1. The second-order valence-electron chi connectivity index (χ2n) is 8.67. The van der Waals surface area contributed by atoms with E-state index in [4.69, 9.17) is 10.8 Å². The first-order chi connectivity index (χ1) is 16.0. The number of nitrogens with one attached hydrogen (secondary N) is 4. The van der Waals surface area contributed by atoms with Crippen LogP contribution in [0, 0.1) is 5.92 Å². The second-order valence-corrected chi connectivity index (χ2v) is 9.04. The maximum atomic E-state index is 12.7. The van der Waals surface area contributed by atoms with Crippen LogP contribution in [0.25, 0.3) is 10.9 Å². The van der Waals surface area contributed by atoms with Gasteiger partial charge in [0.2, 0.25) is 17.7 Å². The summed E-state index contributed by atoms with van der Waals surface area (Å²) >= 11 is 3.93. The summed E-state index contributed by atoms with van der Waals surface area (Å²) in [4.78, 5) is 52.2. The Morgan fingerprint density at radius 1 is 1.00 bits per heavy atom. The van der Waals surface area contributed by atoms with Crippen LogP contribution in [-0.2, 0) is 25.6 Å². The van der Waals surface area contributed by atoms with Crippen molar-refractivity contribution in [2.24, 2.45) is 11.7 Å². The molecule has 186 valence electrons. The molecule has 0 aliphatic heterocycles. The van der Waals surface area contributed by atoms with Gasteiger partial charge in [0, 0.05) is 22.9 Å². The van der Waals surface area contributed by atoms with Crippen molar-refractivity contribution in [1.82, 2.24) is 20.9 Å². The van der Waals surface area contributed by atoms with Crippen LogP contribution in [0.1, 0.15) is 32.8 Å². The highest BCUT2D eigenvalue weighted by atomic mass is 32.1. The quantitative estimate of drug-likeness (QED) is 0.214. The Labute approximate surface area is 203 Å². The van der Waals surface area contributed by atoms with Crippen molar-refractivity contribution in [1.29, 1.82) is 0 Å². The average molecular weight is 492 g/mol. The minimum absolute atomic E-state index is 0.0461. The van der Waals surface area contributed by atoms with E-state index in [2.05, 4.69) is 33.6 Å². The number of carbonyl (C=O) groups is 4. The van der Waals surface area contributed by atoms with E-state index in [0.717, 1.165) is 16.5 Å². The van der Waals surface area contributed by atoms with Crippen molar-refractivity contribution in [2.75, 3.05) is 5.75 Å². The standard InChI is InChI=1S/C23H33N5O5S/c1-12(2)8-18(22(31)28-19(11-34)23(32)33)27-20(29)13(3)26-21(30)16(24)9-14-10-25-17-7-5-4-6-15(14)17/h4-7,10,12-13,16,18-19,25,34H,8-9,11,24H2,1-3H3,(H,26,30)(H,27,29)(H,28,31)(H,32,33).